The van der Waals surface area contributed by atoms with Crippen molar-refractivity contribution in [1.29, 1.82) is 0 Å². The highest BCUT2D eigenvalue weighted by molar-refractivity contribution is 5.28. The Bertz CT molecular complexity index is 221. The maximum Gasteiger partial charge on any atom is -0.0138 e. The van der Waals surface area contributed by atoms with Gasteiger partial charge >= 0.3 is 0 Å². The Kier molecular flexibility index (Phi) is 8.33. The van der Waals surface area contributed by atoms with E-state index in [1.807, 2.05) is 13.8 Å². The van der Waals surface area contributed by atoms with Gasteiger partial charge < -0.3 is 0 Å². The molecule has 0 saturated carbocycles. The van der Waals surface area contributed by atoms with Gasteiger partial charge in [0.15, 0.2) is 0 Å². The Morgan fingerprint density at radius 1 is 1.00 bits per heavy atom. The molecule has 0 amide bonds. The van der Waals surface area contributed by atoms with Crippen LogP contribution in [0.2, 0.25) is 0 Å². The molecular formula is C15H28. The van der Waals surface area contributed by atoms with Crippen LogP contribution in [0.15, 0.2) is 36.5 Å². The van der Waals surface area contributed by atoms with Gasteiger partial charge in [-0.25, -0.2) is 0 Å². The van der Waals surface area contributed by atoms with E-state index in [-0.39, 0.29) is 5.41 Å². The predicted octanol–water partition coefficient (Wildman–Crippen LogP) is 5.38. The van der Waals surface area contributed by atoms with E-state index in [1.54, 1.807) is 0 Å². The number of allylic oxidation sites excluding steroid dienone is 4. The van der Waals surface area contributed by atoms with Crippen LogP contribution in [0.3, 0.4) is 0 Å². The van der Waals surface area contributed by atoms with Crippen LogP contribution < -0.4 is 0 Å². The van der Waals surface area contributed by atoms with Gasteiger partial charge in [-0.05, 0) is 16.9 Å². The van der Waals surface area contributed by atoms with Gasteiger partial charge in [0.2, 0.25) is 0 Å². The summed E-state index contributed by atoms with van der Waals surface area (Å²) in [4.78, 5) is 0. The zero-order valence-corrected chi connectivity index (χ0v) is 11.6. The molecule has 0 aromatic carbocycles. The summed E-state index contributed by atoms with van der Waals surface area (Å²) in [5.41, 5.74) is 2.47. The summed E-state index contributed by atoms with van der Waals surface area (Å²) < 4.78 is 0. The van der Waals surface area contributed by atoms with Crippen molar-refractivity contribution in [3.05, 3.63) is 36.5 Å². The lowest BCUT2D eigenvalue weighted by Crippen LogP contribution is -2.06. The highest BCUT2D eigenvalue weighted by atomic mass is 14.2. The number of rotatable bonds is 3. The van der Waals surface area contributed by atoms with Crippen LogP contribution in [0.25, 0.3) is 0 Å². The van der Waals surface area contributed by atoms with Crippen LogP contribution in [0, 0.1) is 11.3 Å². The molecule has 0 spiro atoms. The van der Waals surface area contributed by atoms with E-state index < -0.39 is 0 Å². The van der Waals surface area contributed by atoms with Gasteiger partial charge in [-0.15, -0.1) is 0 Å². The van der Waals surface area contributed by atoms with E-state index in [0.29, 0.717) is 5.92 Å². The van der Waals surface area contributed by atoms with Crippen molar-refractivity contribution in [3.8, 4) is 0 Å². The Balaban J connectivity index is 0. The minimum absolute atomic E-state index is 0.160. The molecule has 0 saturated heterocycles. The van der Waals surface area contributed by atoms with E-state index in [2.05, 4.69) is 59.9 Å². The van der Waals surface area contributed by atoms with E-state index in [1.165, 1.54) is 0 Å². The fraction of sp³-hybridized carbons (Fsp3) is 0.600. The van der Waals surface area contributed by atoms with Crippen LogP contribution >= 0.6 is 0 Å². The molecule has 0 aliphatic heterocycles. The highest BCUT2D eigenvalue weighted by Gasteiger charge is 2.11. The second-order valence-electron chi connectivity index (χ2n) is 4.84. The lowest BCUT2D eigenvalue weighted by Gasteiger charge is -2.18. The van der Waals surface area contributed by atoms with Crippen LogP contribution in [0.5, 0.6) is 0 Å². The van der Waals surface area contributed by atoms with Crippen molar-refractivity contribution in [2.75, 3.05) is 0 Å². The molecule has 0 fully saturated rings. The topological polar surface area (TPSA) is 0 Å². The molecular weight excluding hydrogens is 180 g/mol. The molecule has 0 aromatic rings. The number of hydrogen-bond donors (Lipinski definition) is 0. The minimum Gasteiger partial charge on any atom is -0.0956 e. The van der Waals surface area contributed by atoms with Crippen LogP contribution in [-0.2, 0) is 0 Å². The zero-order chi connectivity index (χ0) is 12.6. The van der Waals surface area contributed by atoms with Crippen molar-refractivity contribution >= 4 is 0 Å². The molecule has 0 aromatic heterocycles. The van der Waals surface area contributed by atoms with Gasteiger partial charge in [-0.3, -0.25) is 0 Å². The highest BCUT2D eigenvalue weighted by Crippen LogP contribution is 2.25. The van der Waals surface area contributed by atoms with Gasteiger partial charge in [0.05, 0.1) is 0 Å². The maximum atomic E-state index is 4.03. The fourth-order valence-electron chi connectivity index (χ4n) is 0.650. The van der Waals surface area contributed by atoms with Gasteiger partial charge in [0.25, 0.3) is 0 Å². The first-order valence-electron chi connectivity index (χ1n) is 5.81. The second kappa shape index (κ2) is 7.50. The first-order valence-corrected chi connectivity index (χ1v) is 5.81. The van der Waals surface area contributed by atoms with Crippen LogP contribution in [0.1, 0.15) is 48.5 Å². The zero-order valence-electron chi connectivity index (χ0n) is 11.6. The lowest BCUT2D eigenvalue weighted by molar-refractivity contribution is 0.519. The molecule has 0 rings (SSSR count). The molecule has 88 valence electrons. The van der Waals surface area contributed by atoms with E-state index in [9.17, 15) is 0 Å². The van der Waals surface area contributed by atoms with Crippen molar-refractivity contribution in [2.45, 2.75) is 48.5 Å². The summed E-state index contributed by atoms with van der Waals surface area (Å²) >= 11 is 0. The molecule has 0 nitrogen and oxygen atoms in total. The first kappa shape index (κ1) is 16.6. The molecule has 0 radical (unpaired) electrons. The lowest BCUT2D eigenvalue weighted by atomic mass is 9.87. The smallest absolute Gasteiger partial charge is 0.0138 e. The summed E-state index contributed by atoms with van der Waals surface area (Å²) in [6.07, 6.45) is 4.14. The summed E-state index contributed by atoms with van der Waals surface area (Å²) in [5.74, 6) is 0.518. The number of hydrogen-bond acceptors (Lipinski definition) is 0. The average molecular weight is 208 g/mol. The first-order chi connectivity index (χ1) is 6.75. The van der Waals surface area contributed by atoms with Crippen LogP contribution in [-0.4, -0.2) is 0 Å². The molecule has 0 atom stereocenters. The SMILES string of the molecule is C=C(/C=C\C(=C)C(C)(C)C)C(C)C.CC. The van der Waals surface area contributed by atoms with Gasteiger partial charge in [0, 0.05) is 0 Å². The summed E-state index contributed by atoms with van der Waals surface area (Å²) in [5, 5.41) is 0. The Morgan fingerprint density at radius 2 is 1.40 bits per heavy atom. The maximum absolute atomic E-state index is 4.03. The summed E-state index contributed by atoms with van der Waals surface area (Å²) in [6, 6.07) is 0. The summed E-state index contributed by atoms with van der Waals surface area (Å²) in [6.45, 7) is 22.8. The third kappa shape index (κ3) is 8.23. The normalized spacial score (nSPS) is 11.2. The third-order valence-corrected chi connectivity index (χ3v) is 2.20. The Morgan fingerprint density at radius 3 is 1.67 bits per heavy atom. The van der Waals surface area contributed by atoms with E-state index in [0.717, 1.165) is 11.1 Å². The average Bonchev–Trinajstić information content (AvgIpc) is 2.15. The van der Waals surface area contributed by atoms with E-state index >= 15 is 0 Å². The molecule has 0 heteroatoms. The molecule has 0 unspecified atom stereocenters. The second-order valence-corrected chi connectivity index (χ2v) is 4.84. The molecule has 0 aliphatic carbocycles. The van der Waals surface area contributed by atoms with Crippen molar-refractivity contribution in [2.24, 2.45) is 11.3 Å². The molecule has 0 aliphatic rings. The van der Waals surface area contributed by atoms with Gasteiger partial charge in [0.1, 0.15) is 0 Å². The van der Waals surface area contributed by atoms with Gasteiger partial charge in [-0.2, -0.15) is 0 Å². The quantitative estimate of drug-likeness (QED) is 0.546. The Hall–Kier alpha value is -0.780. The van der Waals surface area contributed by atoms with Crippen molar-refractivity contribution < 1.29 is 0 Å². The van der Waals surface area contributed by atoms with E-state index in [4.69, 9.17) is 0 Å². The molecule has 15 heavy (non-hydrogen) atoms. The monoisotopic (exact) mass is 208 g/mol. The van der Waals surface area contributed by atoms with Crippen molar-refractivity contribution in [3.63, 3.8) is 0 Å². The van der Waals surface area contributed by atoms with Crippen LogP contribution in [0.4, 0.5) is 0 Å². The molecule has 0 bridgehead atoms. The largest absolute Gasteiger partial charge is 0.0956 e. The third-order valence-electron chi connectivity index (χ3n) is 2.20. The standard InChI is InChI=1S/C13H22.C2H6/c1-10(2)11(3)8-9-12(4)13(5,6)7;1-2/h8-10H,3-4H2,1-2,5-7H3;1-2H3/b9-8-;. The van der Waals surface area contributed by atoms with Gasteiger partial charge in [-0.1, -0.05) is 79.3 Å². The summed E-state index contributed by atoms with van der Waals surface area (Å²) in [7, 11) is 0. The molecule has 0 N–H and O–H groups in total. The van der Waals surface area contributed by atoms with Crippen molar-refractivity contribution in [1.82, 2.24) is 0 Å². The minimum atomic E-state index is 0.160. The predicted molar refractivity (Wildman–Crippen MR) is 73.1 cm³/mol. The fourth-order valence-corrected chi connectivity index (χ4v) is 0.650. The molecule has 0 heterocycles. The Labute approximate surface area is 96.8 Å².